The van der Waals surface area contributed by atoms with Crippen molar-refractivity contribution in [2.45, 2.75) is 38.4 Å². The smallest absolute Gasteiger partial charge is 0.480 e. The van der Waals surface area contributed by atoms with Gasteiger partial charge in [-0.1, -0.05) is 13.3 Å². The van der Waals surface area contributed by atoms with Crippen LogP contribution in [0.4, 0.5) is 13.2 Å². The zero-order valence-corrected chi connectivity index (χ0v) is 9.43. The Labute approximate surface area is 95.9 Å². The lowest BCUT2D eigenvalue weighted by Gasteiger charge is -2.25. The number of aliphatic carboxylic acids is 1. The van der Waals surface area contributed by atoms with Gasteiger partial charge in [0.25, 0.3) is 0 Å². The number of nitrogens with one attached hydrogen (secondary N) is 1. The van der Waals surface area contributed by atoms with E-state index in [9.17, 15) is 22.8 Å². The predicted molar refractivity (Wildman–Crippen MR) is 51.1 cm³/mol. The van der Waals surface area contributed by atoms with E-state index in [1.165, 1.54) is 6.92 Å². The summed E-state index contributed by atoms with van der Waals surface area (Å²) >= 11 is 0. The van der Waals surface area contributed by atoms with E-state index in [4.69, 9.17) is 5.11 Å². The predicted octanol–water partition coefficient (Wildman–Crippen LogP) is 1.28. The molecule has 0 spiro atoms. The van der Waals surface area contributed by atoms with Crippen molar-refractivity contribution in [1.82, 2.24) is 5.32 Å². The van der Waals surface area contributed by atoms with E-state index in [0.717, 1.165) is 0 Å². The molecule has 0 fully saturated rings. The van der Waals surface area contributed by atoms with E-state index in [-0.39, 0.29) is 6.42 Å². The molecule has 0 saturated heterocycles. The fraction of sp³-hybridized carbons (Fsp3) is 0.778. The van der Waals surface area contributed by atoms with Gasteiger partial charge in [-0.15, -0.1) is 0 Å². The monoisotopic (exact) mass is 257 g/mol. The van der Waals surface area contributed by atoms with Gasteiger partial charge in [0.2, 0.25) is 0 Å². The molecule has 0 aliphatic rings. The van der Waals surface area contributed by atoms with Crippen LogP contribution in [0.15, 0.2) is 0 Å². The van der Waals surface area contributed by atoms with Crippen molar-refractivity contribution >= 4 is 11.9 Å². The number of carboxylic acid groups (broad SMARTS) is 1. The van der Waals surface area contributed by atoms with Crippen molar-refractivity contribution in [3.8, 4) is 0 Å². The maximum Gasteiger partial charge on any atom is 0.490 e. The van der Waals surface area contributed by atoms with Gasteiger partial charge in [0, 0.05) is 0 Å². The topological polar surface area (TPSA) is 75.6 Å². The molecule has 17 heavy (non-hydrogen) atoms. The lowest BCUT2D eigenvalue weighted by molar-refractivity contribution is -0.201. The minimum absolute atomic E-state index is 0.200. The maximum atomic E-state index is 11.8. The molecule has 0 amide bonds. The highest BCUT2D eigenvalue weighted by Crippen LogP contribution is 2.17. The molecule has 0 aliphatic heterocycles. The summed E-state index contributed by atoms with van der Waals surface area (Å²) in [5.41, 5.74) is -1.42. The van der Waals surface area contributed by atoms with Crippen molar-refractivity contribution in [3.05, 3.63) is 0 Å². The fourth-order valence-electron chi connectivity index (χ4n) is 1.11. The molecule has 0 aliphatic carbocycles. The fourth-order valence-corrected chi connectivity index (χ4v) is 1.11. The summed E-state index contributed by atoms with van der Waals surface area (Å²) in [6.07, 6.45) is -4.36. The molecule has 0 bridgehead atoms. The van der Waals surface area contributed by atoms with Crippen LogP contribution in [0.5, 0.6) is 0 Å². The minimum Gasteiger partial charge on any atom is -0.480 e. The van der Waals surface area contributed by atoms with Crippen LogP contribution < -0.4 is 5.32 Å². The van der Waals surface area contributed by atoms with E-state index in [1.54, 1.807) is 6.92 Å². The molecule has 8 heteroatoms. The summed E-state index contributed by atoms with van der Waals surface area (Å²) in [6, 6.07) is 0. The first-order chi connectivity index (χ1) is 7.63. The third-order valence-electron chi connectivity index (χ3n) is 2.12. The number of ether oxygens (including phenoxy) is 1. The lowest BCUT2D eigenvalue weighted by atomic mass is 9.97. The Hall–Kier alpha value is -1.31. The van der Waals surface area contributed by atoms with Gasteiger partial charge < -0.3 is 9.84 Å². The third-order valence-corrected chi connectivity index (χ3v) is 2.12. The van der Waals surface area contributed by atoms with Crippen LogP contribution in [-0.2, 0) is 14.3 Å². The zero-order chi connectivity index (χ0) is 13.7. The Morgan fingerprint density at radius 1 is 1.35 bits per heavy atom. The van der Waals surface area contributed by atoms with Crippen LogP contribution in [-0.4, -0.2) is 35.5 Å². The molecule has 0 saturated carbocycles. The molecular formula is C9H14F3NO4. The summed E-state index contributed by atoms with van der Waals surface area (Å²) in [5, 5.41) is 11.1. The first-order valence-electron chi connectivity index (χ1n) is 4.86. The molecular weight excluding hydrogens is 243 g/mol. The molecule has 2 N–H and O–H groups in total. The number of esters is 1. The standard InChI is InChI=1S/C9H14F3NO4/c1-3-4-8(2,6(14)15)13-5-17-7(16)9(10,11)12/h13H,3-5H2,1-2H3,(H,14,15)/t8-/m0/s1. The normalized spacial score (nSPS) is 15.1. The van der Waals surface area contributed by atoms with E-state index >= 15 is 0 Å². The Morgan fingerprint density at radius 3 is 2.24 bits per heavy atom. The van der Waals surface area contributed by atoms with Crippen LogP contribution in [0.1, 0.15) is 26.7 Å². The van der Waals surface area contributed by atoms with E-state index < -0.39 is 30.4 Å². The molecule has 0 heterocycles. The maximum absolute atomic E-state index is 11.8. The Morgan fingerprint density at radius 2 is 1.88 bits per heavy atom. The Kier molecular flexibility index (Phi) is 5.40. The van der Waals surface area contributed by atoms with Gasteiger partial charge in [0.15, 0.2) is 0 Å². The largest absolute Gasteiger partial charge is 0.490 e. The van der Waals surface area contributed by atoms with Crippen molar-refractivity contribution in [2.24, 2.45) is 0 Å². The first-order valence-corrected chi connectivity index (χ1v) is 4.86. The quantitative estimate of drug-likeness (QED) is 0.553. The van der Waals surface area contributed by atoms with Crippen molar-refractivity contribution in [2.75, 3.05) is 6.73 Å². The SMILES string of the molecule is CCC[C@](C)(NCOC(=O)C(F)(F)F)C(=O)O. The van der Waals surface area contributed by atoms with Crippen LogP contribution in [0.25, 0.3) is 0 Å². The molecule has 0 unspecified atom stereocenters. The highest BCUT2D eigenvalue weighted by molar-refractivity contribution is 5.78. The van der Waals surface area contributed by atoms with Crippen molar-refractivity contribution in [1.29, 1.82) is 0 Å². The first kappa shape index (κ1) is 15.7. The van der Waals surface area contributed by atoms with Gasteiger partial charge in [-0.3, -0.25) is 10.1 Å². The number of carbonyl (C=O) groups excluding carboxylic acids is 1. The molecule has 5 nitrogen and oxygen atoms in total. The highest BCUT2D eigenvalue weighted by Gasteiger charge is 2.41. The molecule has 0 aromatic heterocycles. The lowest BCUT2D eigenvalue weighted by Crippen LogP contribution is -2.50. The zero-order valence-electron chi connectivity index (χ0n) is 9.43. The molecule has 1 atom stereocenters. The summed E-state index contributed by atoms with van der Waals surface area (Å²) in [5.74, 6) is -3.57. The molecule has 0 aromatic rings. The number of halogens is 3. The van der Waals surface area contributed by atoms with Gasteiger partial charge >= 0.3 is 18.1 Å². The summed E-state index contributed by atoms with van der Waals surface area (Å²) < 4.78 is 39.1. The average molecular weight is 257 g/mol. The van der Waals surface area contributed by atoms with Crippen LogP contribution in [0.3, 0.4) is 0 Å². The number of rotatable bonds is 6. The van der Waals surface area contributed by atoms with Crippen molar-refractivity contribution < 1.29 is 32.6 Å². The number of hydrogen-bond donors (Lipinski definition) is 2. The highest BCUT2D eigenvalue weighted by atomic mass is 19.4. The number of alkyl halides is 3. The number of hydrogen-bond acceptors (Lipinski definition) is 4. The molecule has 0 aromatic carbocycles. The van der Waals surface area contributed by atoms with Gasteiger partial charge in [-0.25, -0.2) is 4.79 Å². The van der Waals surface area contributed by atoms with Gasteiger partial charge in [-0.05, 0) is 13.3 Å². The second-order valence-corrected chi connectivity index (χ2v) is 3.64. The number of carbonyl (C=O) groups is 2. The summed E-state index contributed by atoms with van der Waals surface area (Å²) in [7, 11) is 0. The second kappa shape index (κ2) is 5.85. The third kappa shape index (κ3) is 5.03. The Bertz CT molecular complexity index is 292. The van der Waals surface area contributed by atoms with Gasteiger partial charge in [0.05, 0.1) is 0 Å². The van der Waals surface area contributed by atoms with Crippen LogP contribution in [0.2, 0.25) is 0 Å². The molecule has 0 rings (SSSR count). The van der Waals surface area contributed by atoms with Crippen molar-refractivity contribution in [3.63, 3.8) is 0 Å². The van der Waals surface area contributed by atoms with E-state index in [0.29, 0.717) is 6.42 Å². The van der Waals surface area contributed by atoms with E-state index in [1.807, 2.05) is 0 Å². The number of carboxylic acids is 1. The molecule has 100 valence electrons. The summed E-state index contributed by atoms with van der Waals surface area (Å²) in [6.45, 7) is 2.23. The van der Waals surface area contributed by atoms with E-state index in [2.05, 4.69) is 10.1 Å². The second-order valence-electron chi connectivity index (χ2n) is 3.64. The van der Waals surface area contributed by atoms with Crippen LogP contribution >= 0.6 is 0 Å². The minimum atomic E-state index is -5.08. The van der Waals surface area contributed by atoms with Crippen LogP contribution in [0, 0.1) is 0 Å². The average Bonchev–Trinajstić information content (AvgIpc) is 2.16. The van der Waals surface area contributed by atoms with Gasteiger partial charge in [0.1, 0.15) is 12.3 Å². The van der Waals surface area contributed by atoms with Gasteiger partial charge in [-0.2, -0.15) is 13.2 Å². The summed E-state index contributed by atoms with van der Waals surface area (Å²) in [4.78, 5) is 21.2. The Balaban J connectivity index is 4.26. The molecule has 0 radical (unpaired) electrons.